The molecule has 0 aliphatic heterocycles. The Bertz CT molecular complexity index is 309. The molecule has 0 radical (unpaired) electrons. The molecule has 0 fully saturated rings. The van der Waals surface area contributed by atoms with Crippen molar-refractivity contribution in [3.05, 3.63) is 23.8 Å². The average molecular weight is 205 g/mol. The smallest absolute Gasteiger partial charge is 0.302 e. The molecule has 6 heteroatoms. The van der Waals surface area contributed by atoms with E-state index >= 15 is 0 Å². The third kappa shape index (κ3) is 2.95. The largest absolute Gasteiger partial charge is 0.433 e. The van der Waals surface area contributed by atoms with Crippen molar-refractivity contribution in [1.82, 2.24) is 14.9 Å². The molecular weight excluding hydrogens is 195 g/mol. The zero-order valence-electron chi connectivity index (χ0n) is 7.84. The number of halogens is 3. The summed E-state index contributed by atoms with van der Waals surface area (Å²) in [5, 5.41) is 0. The van der Waals surface area contributed by atoms with Gasteiger partial charge in [0.25, 0.3) is 0 Å². The number of hydrogen-bond acceptors (Lipinski definition) is 3. The predicted molar refractivity (Wildman–Crippen MR) is 44.4 cm³/mol. The van der Waals surface area contributed by atoms with Crippen molar-refractivity contribution in [2.24, 2.45) is 0 Å². The Morgan fingerprint density at radius 3 is 2.50 bits per heavy atom. The fraction of sp³-hybridized carbons (Fsp3) is 0.500. The lowest BCUT2D eigenvalue weighted by molar-refractivity contribution is -0.141. The summed E-state index contributed by atoms with van der Waals surface area (Å²) >= 11 is 0. The van der Waals surface area contributed by atoms with Crippen molar-refractivity contribution >= 4 is 0 Å². The molecule has 0 unspecified atom stereocenters. The summed E-state index contributed by atoms with van der Waals surface area (Å²) in [5.41, 5.74) is -0.899. The summed E-state index contributed by atoms with van der Waals surface area (Å²) in [6, 6.07) is 0.860. The minimum Gasteiger partial charge on any atom is -0.302 e. The molecule has 0 spiro atoms. The monoisotopic (exact) mass is 205 g/mol. The first-order chi connectivity index (χ1) is 6.39. The van der Waals surface area contributed by atoms with Crippen molar-refractivity contribution in [1.29, 1.82) is 0 Å². The van der Waals surface area contributed by atoms with Gasteiger partial charge in [0.05, 0.1) is 6.54 Å². The van der Waals surface area contributed by atoms with E-state index in [1.165, 1.54) is 0 Å². The zero-order valence-corrected chi connectivity index (χ0v) is 7.84. The number of nitrogens with zero attached hydrogens (tertiary/aromatic N) is 3. The van der Waals surface area contributed by atoms with Gasteiger partial charge in [-0.3, -0.25) is 0 Å². The summed E-state index contributed by atoms with van der Waals surface area (Å²) in [4.78, 5) is 8.85. The molecule has 0 saturated carbocycles. The van der Waals surface area contributed by atoms with Gasteiger partial charge in [-0.15, -0.1) is 0 Å². The summed E-state index contributed by atoms with van der Waals surface area (Å²) in [7, 11) is 3.48. The standard InChI is InChI=1S/C8H10F3N3/c1-14(2)5-7-12-4-3-6(13-7)8(9,10)11/h3-4H,5H2,1-2H3. The van der Waals surface area contributed by atoms with Gasteiger partial charge in [0.15, 0.2) is 0 Å². The number of hydrogen-bond donors (Lipinski definition) is 0. The van der Waals surface area contributed by atoms with Gasteiger partial charge in [0.2, 0.25) is 0 Å². The predicted octanol–water partition coefficient (Wildman–Crippen LogP) is 1.56. The number of aromatic nitrogens is 2. The molecule has 1 aromatic heterocycles. The SMILES string of the molecule is CN(C)Cc1nccc(C(F)(F)F)n1. The van der Waals surface area contributed by atoms with E-state index in [1.807, 2.05) is 0 Å². The lowest BCUT2D eigenvalue weighted by atomic mass is 10.4. The van der Waals surface area contributed by atoms with Crippen LogP contribution in [0, 0.1) is 0 Å². The second-order valence-electron chi connectivity index (χ2n) is 3.09. The Balaban J connectivity index is 2.90. The quantitative estimate of drug-likeness (QED) is 0.733. The molecule has 3 nitrogen and oxygen atoms in total. The van der Waals surface area contributed by atoms with Crippen LogP contribution in [-0.4, -0.2) is 29.0 Å². The first kappa shape index (κ1) is 10.9. The van der Waals surface area contributed by atoms with Gasteiger partial charge < -0.3 is 4.90 Å². The third-order valence-electron chi connectivity index (χ3n) is 1.45. The van der Waals surface area contributed by atoms with Crippen molar-refractivity contribution in [3.8, 4) is 0 Å². The normalized spacial score (nSPS) is 12.1. The third-order valence-corrected chi connectivity index (χ3v) is 1.45. The van der Waals surface area contributed by atoms with E-state index in [0.717, 1.165) is 12.3 Å². The van der Waals surface area contributed by atoms with E-state index in [1.54, 1.807) is 19.0 Å². The molecule has 78 valence electrons. The van der Waals surface area contributed by atoms with Gasteiger partial charge in [-0.25, -0.2) is 9.97 Å². The van der Waals surface area contributed by atoms with E-state index in [2.05, 4.69) is 9.97 Å². The second kappa shape index (κ2) is 3.91. The van der Waals surface area contributed by atoms with E-state index in [0.29, 0.717) is 6.54 Å². The maximum atomic E-state index is 12.2. The minimum absolute atomic E-state index is 0.171. The van der Waals surface area contributed by atoms with E-state index in [4.69, 9.17) is 0 Å². The Morgan fingerprint density at radius 2 is 2.00 bits per heavy atom. The lowest BCUT2D eigenvalue weighted by Crippen LogP contribution is -2.16. The molecule has 0 saturated heterocycles. The summed E-state index contributed by atoms with van der Waals surface area (Å²) in [6.07, 6.45) is -3.28. The number of alkyl halides is 3. The second-order valence-corrected chi connectivity index (χ2v) is 3.09. The van der Waals surface area contributed by atoms with Crippen LogP contribution in [0.15, 0.2) is 12.3 Å². The Labute approximate surface area is 79.6 Å². The Morgan fingerprint density at radius 1 is 1.36 bits per heavy atom. The van der Waals surface area contributed by atoms with E-state index in [9.17, 15) is 13.2 Å². The highest BCUT2D eigenvalue weighted by molar-refractivity contribution is 5.05. The maximum absolute atomic E-state index is 12.2. The van der Waals surface area contributed by atoms with Gasteiger partial charge in [-0.2, -0.15) is 13.2 Å². The van der Waals surface area contributed by atoms with Crippen molar-refractivity contribution in [2.75, 3.05) is 14.1 Å². The summed E-state index contributed by atoms with van der Waals surface area (Å²) < 4.78 is 36.6. The molecule has 14 heavy (non-hydrogen) atoms. The molecule has 0 atom stereocenters. The van der Waals surface area contributed by atoms with Crippen molar-refractivity contribution in [3.63, 3.8) is 0 Å². The highest BCUT2D eigenvalue weighted by Gasteiger charge is 2.32. The van der Waals surface area contributed by atoms with Gasteiger partial charge >= 0.3 is 6.18 Å². The van der Waals surface area contributed by atoms with Crippen LogP contribution >= 0.6 is 0 Å². The fourth-order valence-corrected chi connectivity index (χ4v) is 0.916. The van der Waals surface area contributed by atoms with Crippen LogP contribution in [0.25, 0.3) is 0 Å². The van der Waals surface area contributed by atoms with E-state index < -0.39 is 11.9 Å². The average Bonchev–Trinajstić information content (AvgIpc) is 2.01. The molecule has 1 aromatic rings. The van der Waals surface area contributed by atoms with Crippen molar-refractivity contribution < 1.29 is 13.2 Å². The Kier molecular flexibility index (Phi) is 3.05. The molecule has 0 N–H and O–H groups in total. The maximum Gasteiger partial charge on any atom is 0.433 e. The molecule has 0 aromatic carbocycles. The molecular formula is C8H10F3N3. The molecule has 0 amide bonds. The summed E-state index contributed by atoms with van der Waals surface area (Å²) in [6.45, 7) is 0.296. The van der Waals surface area contributed by atoms with Crippen LogP contribution in [-0.2, 0) is 12.7 Å². The van der Waals surface area contributed by atoms with Crippen LogP contribution < -0.4 is 0 Å². The Hall–Kier alpha value is -1.17. The molecule has 0 aliphatic rings. The van der Waals surface area contributed by atoms with Crippen LogP contribution in [0.4, 0.5) is 13.2 Å². The van der Waals surface area contributed by atoms with Gasteiger partial charge in [0, 0.05) is 6.20 Å². The van der Waals surface area contributed by atoms with Crippen LogP contribution in [0.2, 0.25) is 0 Å². The van der Waals surface area contributed by atoms with Crippen LogP contribution in [0.3, 0.4) is 0 Å². The highest BCUT2D eigenvalue weighted by Crippen LogP contribution is 2.26. The molecule has 1 heterocycles. The van der Waals surface area contributed by atoms with E-state index in [-0.39, 0.29) is 5.82 Å². The molecule has 0 aliphatic carbocycles. The first-order valence-corrected chi connectivity index (χ1v) is 3.93. The lowest BCUT2D eigenvalue weighted by Gasteiger charge is -2.10. The minimum atomic E-state index is -4.40. The fourth-order valence-electron chi connectivity index (χ4n) is 0.916. The van der Waals surface area contributed by atoms with Gasteiger partial charge in [0.1, 0.15) is 11.5 Å². The van der Waals surface area contributed by atoms with Crippen LogP contribution in [0.5, 0.6) is 0 Å². The van der Waals surface area contributed by atoms with Gasteiger partial charge in [-0.05, 0) is 20.2 Å². The first-order valence-electron chi connectivity index (χ1n) is 3.93. The number of rotatable bonds is 2. The molecule has 1 rings (SSSR count). The van der Waals surface area contributed by atoms with Crippen LogP contribution in [0.1, 0.15) is 11.5 Å². The summed E-state index contributed by atoms with van der Waals surface area (Å²) in [5.74, 6) is 0.171. The zero-order chi connectivity index (χ0) is 10.8. The highest BCUT2D eigenvalue weighted by atomic mass is 19.4. The molecule has 0 bridgehead atoms. The topological polar surface area (TPSA) is 29.0 Å². The van der Waals surface area contributed by atoms with Crippen molar-refractivity contribution in [2.45, 2.75) is 12.7 Å². The van der Waals surface area contributed by atoms with Gasteiger partial charge in [-0.1, -0.05) is 0 Å².